The first-order chi connectivity index (χ1) is 14.6. The van der Waals surface area contributed by atoms with Gasteiger partial charge < -0.3 is 10.6 Å². The lowest BCUT2D eigenvalue weighted by Gasteiger charge is -2.43. The summed E-state index contributed by atoms with van der Waals surface area (Å²) in [6.07, 6.45) is 5.26. The molecule has 0 spiro atoms. The van der Waals surface area contributed by atoms with Crippen molar-refractivity contribution in [1.82, 2.24) is 20.2 Å². The van der Waals surface area contributed by atoms with Crippen LogP contribution in [0.25, 0.3) is 11.3 Å². The van der Waals surface area contributed by atoms with E-state index in [1.54, 1.807) is 18.5 Å². The second-order valence-electron chi connectivity index (χ2n) is 8.13. The summed E-state index contributed by atoms with van der Waals surface area (Å²) >= 11 is 0. The fourth-order valence-corrected chi connectivity index (χ4v) is 3.89. The fourth-order valence-electron chi connectivity index (χ4n) is 3.89. The van der Waals surface area contributed by atoms with E-state index in [4.69, 9.17) is 0 Å². The molecular weight excluding hydrogens is 386 g/mol. The van der Waals surface area contributed by atoms with Crippen molar-refractivity contribution in [2.24, 2.45) is 0 Å². The van der Waals surface area contributed by atoms with E-state index >= 15 is 0 Å². The zero-order chi connectivity index (χ0) is 20.6. The van der Waals surface area contributed by atoms with Crippen molar-refractivity contribution in [3.63, 3.8) is 0 Å². The number of nitrogens with zero attached hydrogens (tertiary/aromatic N) is 4. The molecule has 2 fully saturated rings. The molecule has 0 aliphatic heterocycles. The largest absolute Gasteiger partial charge is 0.368 e. The van der Waals surface area contributed by atoms with Gasteiger partial charge in [-0.05, 0) is 62.1 Å². The minimum Gasteiger partial charge on any atom is -0.368 e. The van der Waals surface area contributed by atoms with E-state index in [1.807, 2.05) is 24.3 Å². The van der Waals surface area contributed by atoms with Gasteiger partial charge in [-0.3, -0.25) is 4.98 Å². The number of hydrogen-bond donors (Lipinski definition) is 2. The van der Waals surface area contributed by atoms with Crippen molar-refractivity contribution in [3.8, 4) is 11.3 Å². The highest BCUT2D eigenvalue weighted by Gasteiger charge is 2.48. The summed E-state index contributed by atoms with van der Waals surface area (Å²) in [4.78, 5) is 8.59. The lowest BCUT2D eigenvalue weighted by molar-refractivity contribution is 0.0964. The van der Waals surface area contributed by atoms with Crippen molar-refractivity contribution in [2.45, 2.75) is 43.3 Å². The Morgan fingerprint density at radius 3 is 2.47 bits per heavy atom. The molecule has 0 saturated heterocycles. The summed E-state index contributed by atoms with van der Waals surface area (Å²) in [7, 11) is 0. The van der Waals surface area contributed by atoms with Gasteiger partial charge in [-0.15, -0.1) is 10.2 Å². The first kappa shape index (κ1) is 18.8. The van der Waals surface area contributed by atoms with Crippen LogP contribution >= 0.6 is 0 Å². The average Bonchev–Trinajstić information content (AvgIpc) is 3.56. The normalized spacial score (nSPS) is 22.9. The van der Waals surface area contributed by atoms with E-state index in [0.29, 0.717) is 29.8 Å². The number of aromatic nitrogens is 4. The molecule has 3 aromatic heterocycles. The summed E-state index contributed by atoms with van der Waals surface area (Å²) in [6, 6.07) is 11.0. The Bertz CT molecular complexity index is 1010. The summed E-state index contributed by atoms with van der Waals surface area (Å²) in [6.45, 7) is 0.346. The Morgan fingerprint density at radius 1 is 1.00 bits per heavy atom. The zero-order valence-corrected chi connectivity index (χ0v) is 16.4. The van der Waals surface area contributed by atoms with E-state index in [0.717, 1.165) is 11.4 Å². The van der Waals surface area contributed by atoms with Gasteiger partial charge in [0.05, 0.1) is 11.4 Å². The maximum Gasteiger partial charge on any atom is 0.148 e. The first-order valence-electron chi connectivity index (χ1n) is 10.2. The average molecular weight is 408 g/mol. The molecule has 2 saturated carbocycles. The molecule has 2 aliphatic rings. The fraction of sp³-hybridized carbons (Fsp3) is 0.364. The maximum absolute atomic E-state index is 14.2. The van der Waals surface area contributed by atoms with Crippen LogP contribution in [0.1, 0.15) is 31.4 Å². The molecule has 5 rings (SSSR count). The first-order valence-corrected chi connectivity index (χ1v) is 10.2. The van der Waals surface area contributed by atoms with E-state index in [1.165, 1.54) is 18.9 Å². The van der Waals surface area contributed by atoms with Crippen LogP contribution in [-0.2, 0) is 5.41 Å². The van der Waals surface area contributed by atoms with Gasteiger partial charge in [-0.2, -0.15) is 0 Å². The minimum absolute atomic E-state index is 0.242. The Labute approximate surface area is 173 Å². The second-order valence-corrected chi connectivity index (χ2v) is 8.13. The molecule has 3 heterocycles. The van der Waals surface area contributed by atoms with Crippen molar-refractivity contribution < 1.29 is 8.78 Å². The van der Waals surface area contributed by atoms with Crippen LogP contribution < -0.4 is 10.6 Å². The SMILES string of the molecule is Fc1cccnc1[C@]1(CNc2ccc(-c3ccc(NC4CC4)nc3)nn2)C[C@@H](F)C1. The van der Waals surface area contributed by atoms with Gasteiger partial charge in [0.15, 0.2) is 0 Å². The lowest BCUT2D eigenvalue weighted by atomic mass is 9.65. The Kier molecular flexibility index (Phi) is 4.77. The van der Waals surface area contributed by atoms with E-state index in [9.17, 15) is 8.78 Å². The highest BCUT2D eigenvalue weighted by molar-refractivity contribution is 5.60. The Balaban J connectivity index is 1.26. The van der Waals surface area contributed by atoms with Crippen LogP contribution in [-0.4, -0.2) is 38.9 Å². The van der Waals surface area contributed by atoms with Gasteiger partial charge in [-0.1, -0.05) is 0 Å². The molecule has 0 unspecified atom stereocenters. The third-order valence-corrected chi connectivity index (χ3v) is 5.75. The predicted molar refractivity (Wildman–Crippen MR) is 110 cm³/mol. The van der Waals surface area contributed by atoms with Crippen LogP contribution in [0.3, 0.4) is 0 Å². The van der Waals surface area contributed by atoms with Crippen LogP contribution in [0, 0.1) is 5.82 Å². The molecule has 0 aromatic carbocycles. The number of halogens is 2. The van der Waals surface area contributed by atoms with Crippen molar-refractivity contribution in [2.75, 3.05) is 17.2 Å². The van der Waals surface area contributed by atoms with Crippen molar-refractivity contribution >= 4 is 11.6 Å². The van der Waals surface area contributed by atoms with Gasteiger partial charge in [-0.25, -0.2) is 13.8 Å². The Hall–Kier alpha value is -3.16. The summed E-state index contributed by atoms with van der Waals surface area (Å²) in [5.74, 6) is 1.02. The predicted octanol–water partition coefficient (Wildman–Crippen LogP) is 4.13. The summed E-state index contributed by atoms with van der Waals surface area (Å²) < 4.78 is 27.9. The van der Waals surface area contributed by atoms with Gasteiger partial charge in [0.2, 0.25) is 0 Å². The third-order valence-electron chi connectivity index (χ3n) is 5.75. The Morgan fingerprint density at radius 2 is 1.83 bits per heavy atom. The number of alkyl halides is 1. The van der Waals surface area contributed by atoms with Gasteiger partial charge >= 0.3 is 0 Å². The van der Waals surface area contributed by atoms with E-state index < -0.39 is 17.4 Å². The standard InChI is InChI=1S/C22H22F2N6/c23-15-10-22(11-15,21-17(24)2-1-9-25-21)13-27-20-8-6-18(29-30-20)14-3-7-19(26-12-14)28-16-4-5-16/h1-3,6-9,12,15-16H,4-5,10-11,13H2,(H,26,28)(H,27,30)/t15-,22-. The molecule has 6 nitrogen and oxygen atoms in total. The highest BCUT2D eigenvalue weighted by Crippen LogP contribution is 2.45. The number of anilines is 2. The van der Waals surface area contributed by atoms with E-state index in [2.05, 4.69) is 30.8 Å². The molecule has 3 aromatic rings. The molecule has 0 amide bonds. The minimum atomic E-state index is -0.938. The maximum atomic E-state index is 14.2. The molecule has 0 bridgehead atoms. The molecule has 8 heteroatoms. The summed E-state index contributed by atoms with van der Waals surface area (Å²) in [5, 5.41) is 15.0. The van der Waals surface area contributed by atoms with Crippen molar-refractivity contribution in [3.05, 3.63) is 60.3 Å². The van der Waals surface area contributed by atoms with Crippen LogP contribution in [0.15, 0.2) is 48.8 Å². The molecule has 154 valence electrons. The molecule has 2 aliphatic carbocycles. The van der Waals surface area contributed by atoms with Gasteiger partial charge in [0.25, 0.3) is 0 Å². The third kappa shape index (κ3) is 3.81. The van der Waals surface area contributed by atoms with Crippen LogP contribution in [0.5, 0.6) is 0 Å². The number of nitrogens with one attached hydrogen (secondary N) is 2. The monoisotopic (exact) mass is 408 g/mol. The van der Waals surface area contributed by atoms with Gasteiger partial charge in [0.1, 0.15) is 23.6 Å². The number of pyridine rings is 2. The smallest absolute Gasteiger partial charge is 0.148 e. The molecular formula is C22H22F2N6. The number of rotatable bonds is 7. The van der Waals surface area contributed by atoms with E-state index in [-0.39, 0.29) is 12.8 Å². The summed E-state index contributed by atoms with van der Waals surface area (Å²) in [5.41, 5.74) is 1.23. The van der Waals surface area contributed by atoms with Crippen LogP contribution in [0.2, 0.25) is 0 Å². The topological polar surface area (TPSA) is 75.6 Å². The second kappa shape index (κ2) is 7.59. The molecule has 30 heavy (non-hydrogen) atoms. The number of hydrogen-bond acceptors (Lipinski definition) is 6. The lowest BCUT2D eigenvalue weighted by Crippen LogP contribution is -2.49. The highest BCUT2D eigenvalue weighted by atomic mass is 19.1. The molecule has 0 atom stereocenters. The molecule has 0 radical (unpaired) electrons. The van der Waals surface area contributed by atoms with Gasteiger partial charge in [0, 0.05) is 36.0 Å². The van der Waals surface area contributed by atoms with Crippen LogP contribution in [0.4, 0.5) is 20.4 Å². The quantitative estimate of drug-likeness (QED) is 0.612. The molecule has 2 N–H and O–H groups in total. The zero-order valence-electron chi connectivity index (χ0n) is 16.4. The van der Waals surface area contributed by atoms with Crippen molar-refractivity contribution in [1.29, 1.82) is 0 Å².